The van der Waals surface area contributed by atoms with Gasteiger partial charge >= 0.3 is 194 Å². The van der Waals surface area contributed by atoms with Gasteiger partial charge in [0, 0.05) is 0 Å². The van der Waals surface area contributed by atoms with Crippen molar-refractivity contribution in [2.24, 2.45) is 0 Å². The van der Waals surface area contributed by atoms with E-state index in [1.165, 1.54) is 63.2 Å². The van der Waals surface area contributed by atoms with Gasteiger partial charge in [0.15, 0.2) is 0 Å². The van der Waals surface area contributed by atoms with Gasteiger partial charge in [-0.25, -0.2) is 0 Å². The van der Waals surface area contributed by atoms with Crippen LogP contribution in [0.15, 0.2) is 0 Å². The number of hydrogen-bond donors (Lipinski definition) is 0. The Bertz CT molecular complexity index is 467. The van der Waals surface area contributed by atoms with Crippen LogP contribution in [0.4, 0.5) is 0 Å². The predicted octanol–water partition coefficient (Wildman–Crippen LogP) is 7.51. The van der Waals surface area contributed by atoms with Crippen LogP contribution in [0.2, 0.25) is 0 Å². The first-order chi connectivity index (χ1) is 14.2. The number of rotatable bonds is 17. The van der Waals surface area contributed by atoms with E-state index in [4.69, 9.17) is 14.2 Å². The zero-order valence-electron chi connectivity index (χ0n) is 20.3. The van der Waals surface area contributed by atoms with Gasteiger partial charge in [-0.1, -0.05) is 0 Å². The van der Waals surface area contributed by atoms with Crippen LogP contribution in [-0.4, -0.2) is 55.7 Å². The van der Waals surface area contributed by atoms with Gasteiger partial charge in [-0.15, -0.1) is 0 Å². The van der Waals surface area contributed by atoms with E-state index in [1.807, 2.05) is 13.8 Å². The Morgan fingerprint density at radius 2 is 1.37 bits per heavy atom. The molecule has 0 N–H and O–H groups in total. The van der Waals surface area contributed by atoms with E-state index in [-0.39, 0.29) is 12.1 Å². The molecule has 1 fully saturated rings. The summed E-state index contributed by atoms with van der Waals surface area (Å²) in [4.78, 5) is 12.1. The van der Waals surface area contributed by atoms with E-state index in [1.54, 1.807) is 0 Å². The van der Waals surface area contributed by atoms with Crippen LogP contribution in [0.3, 0.4) is 0 Å². The number of unbranched alkanes of at least 4 members (excludes halogenated alkanes) is 3. The van der Waals surface area contributed by atoms with Gasteiger partial charge in [0.25, 0.3) is 0 Å². The molecule has 1 aliphatic heterocycles. The molecule has 0 aliphatic carbocycles. The summed E-state index contributed by atoms with van der Waals surface area (Å²) < 4.78 is 17.4. The van der Waals surface area contributed by atoms with Crippen LogP contribution >= 0.6 is 20.8 Å². The molecule has 0 amide bonds. The third-order valence-corrected chi connectivity index (χ3v) is 16.4. The molecule has 0 aromatic carbocycles. The Hall–Kier alpha value is 0.300. The van der Waals surface area contributed by atoms with E-state index >= 15 is 0 Å². The molecule has 0 unspecified atom stereocenters. The van der Waals surface area contributed by atoms with Crippen molar-refractivity contribution in [1.82, 2.24) is 0 Å². The number of esters is 1. The number of halogens is 1. The molecule has 1 rings (SSSR count). The zero-order chi connectivity index (χ0) is 22.5. The standard InChI is InChI=1S/C24H48BrO4P/c1-6-9-18-30(25,19-10-7-2,20-11-8-3)21-12-14-24(27-16-17-28-24)15-13-23(26)29-22(4)5/h22H,6-21H2,1-5H3. The van der Waals surface area contributed by atoms with Crippen molar-refractivity contribution in [3.8, 4) is 0 Å². The molecule has 4 nitrogen and oxygen atoms in total. The molecule has 0 saturated carbocycles. The summed E-state index contributed by atoms with van der Waals surface area (Å²) in [5.74, 6) is -0.754. The zero-order valence-corrected chi connectivity index (χ0v) is 22.8. The van der Waals surface area contributed by atoms with Gasteiger partial charge in [0.05, 0.1) is 0 Å². The molecule has 1 saturated heterocycles. The summed E-state index contributed by atoms with van der Waals surface area (Å²) >= 11 is 4.49. The van der Waals surface area contributed by atoms with Crippen molar-refractivity contribution < 1.29 is 19.0 Å². The monoisotopic (exact) mass is 510 g/mol. The first-order valence-corrected chi connectivity index (χ1v) is 17.4. The molecule has 30 heavy (non-hydrogen) atoms. The molecule has 6 heteroatoms. The fraction of sp³-hybridized carbons (Fsp3) is 0.958. The molecule has 1 aliphatic rings. The van der Waals surface area contributed by atoms with E-state index in [2.05, 4.69) is 36.3 Å². The Morgan fingerprint density at radius 3 is 1.80 bits per heavy atom. The van der Waals surface area contributed by atoms with E-state index in [0.29, 0.717) is 26.1 Å². The van der Waals surface area contributed by atoms with E-state index < -0.39 is 11.1 Å². The van der Waals surface area contributed by atoms with Crippen molar-refractivity contribution in [3.63, 3.8) is 0 Å². The second kappa shape index (κ2) is 13.8. The second-order valence-corrected chi connectivity index (χ2v) is 21.0. The number of hydrogen-bond acceptors (Lipinski definition) is 4. The molecule has 0 aromatic rings. The van der Waals surface area contributed by atoms with Crippen LogP contribution in [-0.2, 0) is 19.0 Å². The Balaban J connectivity index is 2.79. The topological polar surface area (TPSA) is 44.8 Å². The van der Waals surface area contributed by atoms with Crippen molar-refractivity contribution >= 4 is 26.8 Å². The molecule has 0 spiro atoms. The van der Waals surface area contributed by atoms with Crippen LogP contribution in [0.1, 0.15) is 98.8 Å². The third kappa shape index (κ3) is 9.84. The summed E-state index contributed by atoms with van der Waals surface area (Å²) in [6.07, 6.45) is 15.9. The summed E-state index contributed by atoms with van der Waals surface area (Å²) in [5, 5.41) is -1.91. The number of carbonyl (C=O) groups excluding carboxylic acids is 1. The van der Waals surface area contributed by atoms with Gasteiger partial charge in [0.2, 0.25) is 0 Å². The summed E-state index contributed by atoms with van der Waals surface area (Å²) in [7, 11) is 0. The maximum absolute atomic E-state index is 12.1. The Labute approximate surface area is 194 Å². The molecular weight excluding hydrogens is 463 g/mol. The Morgan fingerprint density at radius 1 is 0.900 bits per heavy atom. The quantitative estimate of drug-likeness (QED) is 0.150. The normalized spacial score (nSPS) is 17.8. The SMILES string of the molecule is CCCCP(Br)(CCCC)(CCCC)CCCC1(CCC(=O)OC(C)C)OCCO1. The first-order valence-electron chi connectivity index (χ1n) is 12.4. The van der Waals surface area contributed by atoms with Gasteiger partial charge in [-0.05, 0) is 0 Å². The van der Waals surface area contributed by atoms with Crippen LogP contribution < -0.4 is 0 Å². The van der Waals surface area contributed by atoms with Crippen molar-refractivity contribution in [2.75, 3.05) is 37.9 Å². The Kier molecular flexibility index (Phi) is 13.0. The minimum atomic E-state index is -1.91. The molecule has 1 heterocycles. The van der Waals surface area contributed by atoms with Crippen LogP contribution in [0, 0.1) is 0 Å². The number of ether oxygens (including phenoxy) is 3. The summed E-state index contributed by atoms with van der Waals surface area (Å²) in [5.41, 5.74) is 0. The fourth-order valence-electron chi connectivity index (χ4n) is 4.60. The van der Waals surface area contributed by atoms with E-state index in [9.17, 15) is 4.79 Å². The van der Waals surface area contributed by atoms with Gasteiger partial charge in [-0.3, -0.25) is 0 Å². The van der Waals surface area contributed by atoms with Gasteiger partial charge in [-0.2, -0.15) is 0 Å². The molecular formula is C24H48BrO4P. The average Bonchev–Trinajstić information content (AvgIpc) is 3.17. The number of carbonyl (C=O) groups is 1. The molecule has 180 valence electrons. The minimum absolute atomic E-state index is 0.0749. The molecule has 0 atom stereocenters. The van der Waals surface area contributed by atoms with Crippen molar-refractivity contribution in [3.05, 3.63) is 0 Å². The summed E-state index contributed by atoms with van der Waals surface area (Å²) in [6.45, 7) is 11.9. The van der Waals surface area contributed by atoms with Gasteiger partial charge < -0.3 is 0 Å². The van der Waals surface area contributed by atoms with Crippen molar-refractivity contribution in [1.29, 1.82) is 0 Å². The maximum atomic E-state index is 12.1. The first kappa shape index (κ1) is 28.3. The second-order valence-electron chi connectivity index (χ2n) is 9.52. The van der Waals surface area contributed by atoms with Gasteiger partial charge in [0.1, 0.15) is 0 Å². The van der Waals surface area contributed by atoms with E-state index in [0.717, 1.165) is 12.8 Å². The molecule has 0 bridgehead atoms. The molecule has 0 radical (unpaired) electrons. The summed E-state index contributed by atoms with van der Waals surface area (Å²) in [6, 6.07) is 0. The van der Waals surface area contributed by atoms with Crippen LogP contribution in [0.5, 0.6) is 0 Å². The molecule has 0 aromatic heterocycles. The predicted molar refractivity (Wildman–Crippen MR) is 134 cm³/mol. The average molecular weight is 512 g/mol. The fourth-order valence-corrected chi connectivity index (χ4v) is 13.2. The van der Waals surface area contributed by atoms with Crippen LogP contribution in [0.25, 0.3) is 0 Å². The van der Waals surface area contributed by atoms with Crippen molar-refractivity contribution in [2.45, 2.75) is 111 Å². The third-order valence-electron chi connectivity index (χ3n) is 6.38.